The van der Waals surface area contributed by atoms with E-state index >= 15 is 0 Å². The van der Waals surface area contributed by atoms with Crippen LogP contribution in [0.15, 0.2) is 48.9 Å². The first-order chi connectivity index (χ1) is 17.8. The number of carbonyl (C=O) groups is 1. The molecule has 0 aromatic carbocycles. The Balaban J connectivity index is 1.16. The topological polar surface area (TPSA) is 113 Å². The van der Waals surface area contributed by atoms with Crippen molar-refractivity contribution in [2.75, 3.05) is 5.32 Å². The average Bonchev–Trinajstić information content (AvgIpc) is 3.51. The molecule has 1 saturated carbocycles. The molecule has 4 aromatic rings. The number of halogens is 1. The maximum atomic E-state index is 13.2. The molecule has 1 aliphatic rings. The maximum absolute atomic E-state index is 13.2. The molecule has 9 nitrogen and oxygen atoms in total. The average molecular weight is 503 g/mol. The number of pyridine rings is 2. The van der Waals surface area contributed by atoms with Crippen molar-refractivity contribution in [2.45, 2.75) is 58.4 Å². The minimum absolute atomic E-state index is 0.0209. The Labute approximate surface area is 214 Å². The molecule has 0 bridgehead atoms. The van der Waals surface area contributed by atoms with Crippen molar-refractivity contribution in [3.63, 3.8) is 0 Å². The molecule has 5 rings (SSSR count). The molecule has 1 fully saturated rings. The molecular formula is C27H31FN8O. The molecule has 10 heteroatoms. The van der Waals surface area contributed by atoms with E-state index in [1.165, 1.54) is 10.9 Å². The number of aromatic amines is 1. The van der Waals surface area contributed by atoms with Crippen molar-refractivity contribution in [1.82, 2.24) is 35.3 Å². The van der Waals surface area contributed by atoms with Crippen molar-refractivity contribution in [3.05, 3.63) is 77.3 Å². The summed E-state index contributed by atoms with van der Waals surface area (Å²) < 4.78 is 14.6. The Hall–Kier alpha value is -4.08. The molecular weight excluding hydrogens is 471 g/mol. The highest BCUT2D eigenvalue weighted by Gasteiger charge is 2.29. The van der Waals surface area contributed by atoms with Crippen LogP contribution in [0.25, 0.3) is 5.82 Å². The smallest absolute Gasteiger partial charge is 0.223 e. The van der Waals surface area contributed by atoms with Gasteiger partial charge in [0.1, 0.15) is 5.82 Å². The molecule has 0 spiro atoms. The summed E-state index contributed by atoms with van der Waals surface area (Å²) in [6.45, 7) is 5.97. The highest BCUT2D eigenvalue weighted by molar-refractivity contribution is 5.79. The minimum Gasteiger partial charge on any atom is -0.349 e. The number of nitrogens with one attached hydrogen (secondary N) is 3. The van der Waals surface area contributed by atoms with Gasteiger partial charge in [-0.1, -0.05) is 6.07 Å². The zero-order valence-corrected chi connectivity index (χ0v) is 21.2. The number of H-pyrrole nitrogens is 1. The molecule has 3 N–H and O–H groups in total. The SMILES string of the molecule is Cc1cc(Nc2cc(C)[nH]n2)nc(C2CCC(C(=O)NC(C)c3ccc(-n4cc(F)cn4)nc3)CC2)c1. The van der Waals surface area contributed by atoms with Crippen LogP contribution in [0.4, 0.5) is 16.0 Å². The summed E-state index contributed by atoms with van der Waals surface area (Å²) in [5.74, 6) is 2.01. The molecule has 0 radical (unpaired) electrons. The van der Waals surface area contributed by atoms with E-state index in [-0.39, 0.29) is 17.9 Å². The van der Waals surface area contributed by atoms with Crippen molar-refractivity contribution < 1.29 is 9.18 Å². The number of amides is 1. The van der Waals surface area contributed by atoms with Gasteiger partial charge in [0, 0.05) is 35.5 Å². The lowest BCUT2D eigenvalue weighted by molar-refractivity contribution is -0.126. The second-order valence-corrected chi connectivity index (χ2v) is 9.85. The minimum atomic E-state index is -0.416. The van der Waals surface area contributed by atoms with E-state index in [9.17, 15) is 9.18 Å². The number of rotatable bonds is 7. The van der Waals surface area contributed by atoms with Crippen LogP contribution in [-0.2, 0) is 4.79 Å². The highest BCUT2D eigenvalue weighted by Crippen LogP contribution is 2.36. The molecule has 1 atom stereocenters. The predicted octanol–water partition coefficient (Wildman–Crippen LogP) is 5.04. The fourth-order valence-corrected chi connectivity index (χ4v) is 4.86. The maximum Gasteiger partial charge on any atom is 0.223 e. The Morgan fingerprint density at radius 3 is 2.57 bits per heavy atom. The van der Waals surface area contributed by atoms with Crippen LogP contribution in [0.2, 0.25) is 0 Å². The van der Waals surface area contributed by atoms with Gasteiger partial charge in [0.05, 0.1) is 18.4 Å². The van der Waals surface area contributed by atoms with Crippen LogP contribution in [0.3, 0.4) is 0 Å². The second kappa shape index (κ2) is 10.5. The largest absolute Gasteiger partial charge is 0.349 e. The van der Waals surface area contributed by atoms with E-state index in [4.69, 9.17) is 4.98 Å². The van der Waals surface area contributed by atoms with Crippen LogP contribution in [0.1, 0.15) is 67.1 Å². The van der Waals surface area contributed by atoms with Gasteiger partial charge in [-0.15, -0.1) is 0 Å². The van der Waals surface area contributed by atoms with Gasteiger partial charge in [0.2, 0.25) is 5.91 Å². The summed E-state index contributed by atoms with van der Waals surface area (Å²) in [4.78, 5) is 22.2. The van der Waals surface area contributed by atoms with Gasteiger partial charge in [-0.2, -0.15) is 10.2 Å². The van der Waals surface area contributed by atoms with E-state index < -0.39 is 5.82 Å². The summed E-state index contributed by atoms with van der Waals surface area (Å²) in [7, 11) is 0. The van der Waals surface area contributed by atoms with Gasteiger partial charge in [-0.05, 0) is 75.8 Å². The van der Waals surface area contributed by atoms with Crippen LogP contribution >= 0.6 is 0 Å². The monoisotopic (exact) mass is 502 g/mol. The summed E-state index contributed by atoms with van der Waals surface area (Å²) in [6, 6.07) is 9.56. The summed E-state index contributed by atoms with van der Waals surface area (Å²) in [6.07, 6.45) is 7.58. The van der Waals surface area contributed by atoms with E-state index in [0.717, 1.165) is 66.0 Å². The first-order valence-corrected chi connectivity index (χ1v) is 12.6. The summed E-state index contributed by atoms with van der Waals surface area (Å²) in [5.41, 5.74) is 4.07. The van der Waals surface area contributed by atoms with Gasteiger partial charge in [-0.25, -0.2) is 19.0 Å². The Kier molecular flexibility index (Phi) is 6.98. The van der Waals surface area contributed by atoms with Crippen molar-refractivity contribution in [3.8, 4) is 5.82 Å². The van der Waals surface area contributed by atoms with E-state index in [1.54, 1.807) is 12.3 Å². The van der Waals surface area contributed by atoms with Gasteiger partial charge < -0.3 is 10.6 Å². The van der Waals surface area contributed by atoms with Gasteiger partial charge in [-0.3, -0.25) is 9.89 Å². The fraction of sp³-hybridized carbons (Fsp3) is 0.370. The van der Waals surface area contributed by atoms with Gasteiger partial charge in [0.15, 0.2) is 17.5 Å². The number of aryl methyl sites for hydroxylation is 2. The predicted molar refractivity (Wildman–Crippen MR) is 138 cm³/mol. The highest BCUT2D eigenvalue weighted by atomic mass is 19.1. The number of hydrogen-bond acceptors (Lipinski definition) is 6. The summed E-state index contributed by atoms with van der Waals surface area (Å²) >= 11 is 0. The molecule has 1 aliphatic carbocycles. The lowest BCUT2D eigenvalue weighted by Gasteiger charge is -2.29. The lowest BCUT2D eigenvalue weighted by atomic mass is 9.79. The third kappa shape index (κ3) is 5.84. The zero-order chi connectivity index (χ0) is 25.9. The van der Waals surface area contributed by atoms with Crippen molar-refractivity contribution in [1.29, 1.82) is 0 Å². The molecule has 0 saturated heterocycles. The molecule has 37 heavy (non-hydrogen) atoms. The van der Waals surface area contributed by atoms with Gasteiger partial charge in [0.25, 0.3) is 0 Å². The van der Waals surface area contributed by atoms with Crippen molar-refractivity contribution in [2.24, 2.45) is 5.92 Å². The Morgan fingerprint density at radius 1 is 1.11 bits per heavy atom. The fourth-order valence-electron chi connectivity index (χ4n) is 4.86. The van der Waals surface area contributed by atoms with Crippen molar-refractivity contribution >= 4 is 17.5 Å². The molecule has 4 aromatic heterocycles. The van der Waals surface area contributed by atoms with Crippen LogP contribution in [-0.4, -0.2) is 35.9 Å². The summed E-state index contributed by atoms with van der Waals surface area (Å²) in [5, 5.41) is 17.5. The first-order valence-electron chi connectivity index (χ1n) is 12.6. The molecule has 4 heterocycles. The lowest BCUT2D eigenvalue weighted by Crippen LogP contribution is -2.34. The molecule has 192 valence electrons. The normalized spacial score (nSPS) is 18.4. The second-order valence-electron chi connectivity index (χ2n) is 9.85. The van der Waals surface area contributed by atoms with Crippen LogP contribution in [0, 0.1) is 25.6 Å². The molecule has 1 amide bonds. The quantitative estimate of drug-likeness (QED) is 0.326. The molecule has 0 aliphatic heterocycles. The van der Waals surface area contributed by atoms with Crippen LogP contribution in [0.5, 0.6) is 0 Å². The van der Waals surface area contributed by atoms with E-state index in [0.29, 0.717) is 11.7 Å². The third-order valence-corrected chi connectivity index (χ3v) is 6.88. The molecule has 1 unspecified atom stereocenters. The Morgan fingerprint density at radius 2 is 1.92 bits per heavy atom. The standard InChI is InChI=1S/C27H31FN8O/c1-16-10-23(32-24(11-16)33-25-12-17(2)34-35-25)19-4-6-20(7-5-19)27(37)31-18(3)21-8-9-26(29-13-21)36-15-22(28)14-30-36/h8-15,18-20H,4-7H2,1-3H3,(H,31,37)(H2,32,33,34,35). The number of hydrogen-bond donors (Lipinski definition) is 3. The number of nitrogens with zero attached hydrogens (tertiary/aromatic N) is 5. The van der Waals surface area contributed by atoms with Crippen LogP contribution < -0.4 is 10.6 Å². The Bertz CT molecular complexity index is 1370. The number of aromatic nitrogens is 6. The van der Waals surface area contributed by atoms with E-state index in [1.807, 2.05) is 32.0 Å². The number of carbonyl (C=O) groups excluding carboxylic acids is 1. The van der Waals surface area contributed by atoms with E-state index in [2.05, 4.69) is 43.9 Å². The first kappa shape index (κ1) is 24.6. The zero-order valence-electron chi connectivity index (χ0n) is 21.2. The van der Waals surface area contributed by atoms with Gasteiger partial charge >= 0.3 is 0 Å². The number of anilines is 2. The third-order valence-electron chi connectivity index (χ3n) is 6.88.